The molecule has 1 fully saturated rings. The number of carbonyl (C=O) groups excluding carboxylic acids is 2. The third kappa shape index (κ3) is 18.7. The van der Waals surface area contributed by atoms with Crippen molar-refractivity contribution in [2.45, 2.75) is 142 Å². The van der Waals surface area contributed by atoms with E-state index in [1.54, 1.807) is 12.1 Å². The Morgan fingerprint density at radius 3 is 1.86 bits per heavy atom. The highest BCUT2D eigenvalue weighted by atomic mass is 31.3. The van der Waals surface area contributed by atoms with Crippen molar-refractivity contribution >= 4 is 27.6 Å². The third-order valence-corrected chi connectivity index (χ3v) is 12.8. The van der Waals surface area contributed by atoms with Crippen molar-refractivity contribution in [2.75, 3.05) is 6.61 Å². The molecule has 5 N–H and O–H groups in total. The highest BCUT2D eigenvalue weighted by Crippen LogP contribution is 2.64. The second-order valence-corrected chi connectivity index (χ2v) is 18.1. The first-order valence-electron chi connectivity index (χ1n) is 20.9. The zero-order chi connectivity index (χ0) is 45.0. The SMILES string of the molecule is CCCCCCCCCCCC(=O)Oc1ccc(COP(=O)(OCc2ccc(OC(=O)CCCC)cc2)OP(=O)(O)OC[C@H]2O[C@@H](n3cc(C)c(=O)[nH]c3=O)C[C@@H]2N=[N+]=[N-])cc1.N. The van der Waals surface area contributed by atoms with Gasteiger partial charge in [0.05, 0.1) is 32.0 Å². The van der Waals surface area contributed by atoms with Crippen LogP contribution in [0.15, 0.2) is 69.4 Å². The Hall–Kier alpha value is -4.45. The van der Waals surface area contributed by atoms with Gasteiger partial charge in [-0.2, -0.15) is 4.31 Å². The number of nitrogens with one attached hydrogen (secondary N) is 1. The van der Waals surface area contributed by atoms with Gasteiger partial charge in [-0.3, -0.25) is 37.5 Å². The van der Waals surface area contributed by atoms with Gasteiger partial charge >= 0.3 is 33.3 Å². The quantitative estimate of drug-likeness (QED) is 0.0116. The fraction of sp³-hybridized carbons (Fsp3) is 0.561. The number of phosphoric acid groups is 2. The maximum Gasteiger partial charge on any atom is 0.484 e. The number of aromatic nitrogens is 2. The van der Waals surface area contributed by atoms with Crippen molar-refractivity contribution < 1.29 is 55.7 Å². The number of rotatable bonds is 28. The molecule has 2 aromatic carbocycles. The molecule has 1 aliphatic rings. The lowest BCUT2D eigenvalue weighted by atomic mass is 10.1. The molecular weight excluding hydrogens is 862 g/mol. The van der Waals surface area contributed by atoms with Gasteiger partial charge in [-0.05, 0) is 60.7 Å². The molecule has 3 aromatic rings. The minimum Gasteiger partial charge on any atom is -0.427 e. The number of carbonyl (C=O) groups is 2. The fourth-order valence-corrected chi connectivity index (χ4v) is 8.91. The van der Waals surface area contributed by atoms with Crippen LogP contribution in [0, 0.1) is 6.92 Å². The molecule has 0 aliphatic carbocycles. The number of ether oxygens (including phenoxy) is 3. The van der Waals surface area contributed by atoms with Crippen LogP contribution in [-0.2, 0) is 54.6 Å². The summed E-state index contributed by atoms with van der Waals surface area (Å²) in [6.45, 7) is 3.99. The van der Waals surface area contributed by atoms with Gasteiger partial charge in [-0.1, -0.05) is 101 Å². The van der Waals surface area contributed by atoms with E-state index in [1.807, 2.05) is 6.92 Å². The Labute approximate surface area is 366 Å². The lowest BCUT2D eigenvalue weighted by molar-refractivity contribution is -0.135. The first-order valence-corrected chi connectivity index (χ1v) is 23.9. The van der Waals surface area contributed by atoms with E-state index in [0.29, 0.717) is 17.5 Å². The number of nitrogens with zero attached hydrogens (tertiary/aromatic N) is 4. The summed E-state index contributed by atoms with van der Waals surface area (Å²) in [6.07, 6.45) is 11.1. The molecule has 1 saturated heterocycles. The topological polar surface area (TPSA) is 292 Å². The first-order chi connectivity index (χ1) is 29.7. The Morgan fingerprint density at radius 2 is 1.33 bits per heavy atom. The summed E-state index contributed by atoms with van der Waals surface area (Å²) in [5, 5.41) is 3.66. The van der Waals surface area contributed by atoms with Crippen LogP contribution < -0.4 is 26.9 Å². The van der Waals surface area contributed by atoms with E-state index < -0.39 is 71.1 Å². The van der Waals surface area contributed by atoms with Gasteiger partial charge in [0.2, 0.25) is 0 Å². The second kappa shape index (κ2) is 27.0. The molecule has 1 aromatic heterocycles. The van der Waals surface area contributed by atoms with Gasteiger partial charge in [0.15, 0.2) is 0 Å². The van der Waals surface area contributed by atoms with Gasteiger partial charge in [-0.15, -0.1) is 0 Å². The number of phosphoric ester groups is 2. The number of aromatic amines is 1. The fourth-order valence-electron chi connectivity index (χ4n) is 6.31. The zero-order valence-corrected chi connectivity index (χ0v) is 37.9. The van der Waals surface area contributed by atoms with E-state index in [9.17, 15) is 33.2 Å². The molecule has 4 rings (SSSR count). The van der Waals surface area contributed by atoms with Gasteiger partial charge in [0.1, 0.15) is 17.7 Å². The lowest BCUT2D eigenvalue weighted by Gasteiger charge is -2.22. The molecule has 5 atom stereocenters. The number of benzene rings is 2. The molecule has 0 saturated carbocycles. The molecule has 348 valence electrons. The van der Waals surface area contributed by atoms with Crippen LogP contribution in [0.3, 0.4) is 0 Å². The molecule has 2 unspecified atom stereocenters. The van der Waals surface area contributed by atoms with Crippen molar-refractivity contribution in [3.8, 4) is 11.5 Å². The summed E-state index contributed by atoms with van der Waals surface area (Å²) in [7, 11) is -10.3. The molecule has 22 heteroatoms. The van der Waals surface area contributed by atoms with Gasteiger partial charge in [0, 0.05) is 35.9 Å². The number of esters is 2. The zero-order valence-electron chi connectivity index (χ0n) is 36.1. The summed E-state index contributed by atoms with van der Waals surface area (Å²) in [4.78, 5) is 64.6. The maximum atomic E-state index is 14.0. The van der Waals surface area contributed by atoms with E-state index in [0.717, 1.165) is 36.7 Å². The van der Waals surface area contributed by atoms with E-state index in [4.69, 9.17) is 37.6 Å². The van der Waals surface area contributed by atoms with Crippen LogP contribution in [0.4, 0.5) is 0 Å². The van der Waals surface area contributed by atoms with Crippen LogP contribution in [0.25, 0.3) is 10.4 Å². The lowest BCUT2D eigenvalue weighted by Crippen LogP contribution is -2.33. The number of H-pyrrole nitrogens is 1. The van der Waals surface area contributed by atoms with Gasteiger partial charge in [0.25, 0.3) is 5.56 Å². The highest BCUT2D eigenvalue weighted by molar-refractivity contribution is 7.61. The third-order valence-electron chi connectivity index (χ3n) is 9.77. The van der Waals surface area contributed by atoms with E-state index in [-0.39, 0.29) is 48.4 Å². The van der Waals surface area contributed by atoms with Crippen molar-refractivity contribution in [1.82, 2.24) is 15.7 Å². The second-order valence-electron chi connectivity index (χ2n) is 14.9. The van der Waals surface area contributed by atoms with Gasteiger partial charge in [-0.25, -0.2) is 13.9 Å². The monoisotopic (exact) mass is 922 g/mol. The molecule has 20 nitrogen and oxygen atoms in total. The molecule has 63 heavy (non-hydrogen) atoms. The molecule has 0 radical (unpaired) electrons. The van der Waals surface area contributed by atoms with E-state index in [2.05, 4.69) is 21.9 Å². The summed E-state index contributed by atoms with van der Waals surface area (Å²) in [5.74, 6) is -0.207. The summed E-state index contributed by atoms with van der Waals surface area (Å²) in [5.41, 5.74) is 8.78. The molecule has 0 spiro atoms. The largest absolute Gasteiger partial charge is 0.484 e. The number of azide groups is 1. The highest BCUT2D eigenvalue weighted by Gasteiger charge is 2.42. The summed E-state index contributed by atoms with van der Waals surface area (Å²) >= 11 is 0. The van der Waals surface area contributed by atoms with Crippen LogP contribution >= 0.6 is 15.6 Å². The van der Waals surface area contributed by atoms with Crippen LogP contribution in [-0.4, -0.2) is 45.1 Å². The number of hydrogen-bond donors (Lipinski definition) is 3. The minimum absolute atomic E-state index is 0. The van der Waals surface area contributed by atoms with Gasteiger partial charge < -0.3 is 25.3 Å². The standard InChI is InChI=1S/C41H57N5O14P2.H3N/c1-4-6-8-9-10-11-12-13-14-16-39(48)58-34-23-19-32(20-24-34)28-56-62(53,55-27-31-17-21-33(22-18-31)57-38(47)15-7-5-2)60-61(51,52)54-29-36-35(44-45-42)25-37(59-36)46-26-30(3)40(49)43-41(46)50;/h17-24,26,35-37H,4-16,25,27-29H2,1-3H3,(H,51,52)(H,43,49,50);1H3/t35-,36+,37+,62?;/m0./s1. The average Bonchev–Trinajstić information content (AvgIpc) is 3.64. The van der Waals surface area contributed by atoms with E-state index in [1.165, 1.54) is 81.6 Å². The predicted octanol–water partition coefficient (Wildman–Crippen LogP) is 9.57. The summed E-state index contributed by atoms with van der Waals surface area (Å²) < 4.78 is 66.3. The molecule has 2 heterocycles. The van der Waals surface area contributed by atoms with Crippen molar-refractivity contribution in [1.29, 1.82) is 0 Å². The Balaban J connectivity index is 0.0000106. The smallest absolute Gasteiger partial charge is 0.427 e. The van der Waals surface area contributed by atoms with Crippen LogP contribution in [0.1, 0.15) is 127 Å². The maximum absolute atomic E-state index is 14.0. The van der Waals surface area contributed by atoms with Crippen LogP contribution in [0.5, 0.6) is 11.5 Å². The number of hydrogen-bond acceptors (Lipinski definition) is 15. The molecule has 0 amide bonds. The number of unbranched alkanes of at least 4 members (excludes halogenated alkanes) is 9. The molecule has 1 aliphatic heterocycles. The first kappa shape index (κ1) is 52.9. The normalized spacial score (nSPS) is 17.7. The number of aryl methyl sites for hydroxylation is 1. The average molecular weight is 923 g/mol. The molecule has 0 bridgehead atoms. The van der Waals surface area contributed by atoms with Crippen LogP contribution in [0.2, 0.25) is 0 Å². The Bertz CT molecular complexity index is 2160. The molecular formula is C41H60N6O14P2. The summed E-state index contributed by atoms with van der Waals surface area (Å²) in [6, 6.07) is 11.2. The van der Waals surface area contributed by atoms with Crippen molar-refractivity contribution in [3.63, 3.8) is 0 Å². The minimum atomic E-state index is -5.31. The van der Waals surface area contributed by atoms with Crippen molar-refractivity contribution in [3.05, 3.63) is 103 Å². The van der Waals surface area contributed by atoms with Crippen molar-refractivity contribution in [2.24, 2.45) is 5.11 Å². The Morgan fingerprint density at radius 1 is 0.825 bits per heavy atom. The Kier molecular flexibility index (Phi) is 22.7. The predicted molar refractivity (Wildman–Crippen MR) is 232 cm³/mol. The van der Waals surface area contributed by atoms with E-state index >= 15 is 0 Å².